The molecule has 0 bridgehead atoms. The quantitative estimate of drug-likeness (QED) is 0.725. The maximum atomic E-state index is 12.6. The van der Waals surface area contributed by atoms with Crippen molar-refractivity contribution in [2.45, 2.75) is 33.7 Å². The van der Waals surface area contributed by atoms with E-state index in [-0.39, 0.29) is 22.0 Å². The Morgan fingerprint density at radius 1 is 1.42 bits per heavy atom. The summed E-state index contributed by atoms with van der Waals surface area (Å²) < 4.78 is 6.49. The molecule has 2 aromatic rings. The highest BCUT2D eigenvalue weighted by molar-refractivity contribution is 7.18. The molecule has 2 amide bonds. The summed E-state index contributed by atoms with van der Waals surface area (Å²) in [5.74, 6) is -1.73. The highest BCUT2D eigenvalue weighted by atomic mass is 35.5. The number of esters is 1. The number of carbonyl (C=O) groups is 3. The number of primary amides is 1. The van der Waals surface area contributed by atoms with Crippen molar-refractivity contribution in [2.24, 2.45) is 5.73 Å². The van der Waals surface area contributed by atoms with Gasteiger partial charge < -0.3 is 15.8 Å². The Balaban J connectivity index is 2.37. The van der Waals surface area contributed by atoms with E-state index in [4.69, 9.17) is 22.1 Å². The van der Waals surface area contributed by atoms with Gasteiger partial charge in [-0.05, 0) is 33.3 Å². The van der Waals surface area contributed by atoms with Gasteiger partial charge >= 0.3 is 5.97 Å². The normalized spacial score (nSPS) is 11.9. The molecular formula is C16H19ClN4O4S. The predicted octanol–water partition coefficient (Wildman–Crippen LogP) is 2.69. The second-order valence-corrected chi connectivity index (χ2v) is 6.96. The van der Waals surface area contributed by atoms with Crippen LogP contribution in [0, 0.1) is 13.8 Å². The first-order chi connectivity index (χ1) is 12.2. The summed E-state index contributed by atoms with van der Waals surface area (Å²) in [6, 6.07) is -0.683. The zero-order valence-corrected chi connectivity index (χ0v) is 16.3. The number of anilines is 1. The number of rotatable bonds is 6. The van der Waals surface area contributed by atoms with Gasteiger partial charge in [-0.15, -0.1) is 11.3 Å². The minimum Gasteiger partial charge on any atom is -0.462 e. The van der Waals surface area contributed by atoms with Crippen molar-refractivity contribution in [3.63, 3.8) is 0 Å². The lowest BCUT2D eigenvalue weighted by Gasteiger charge is -2.14. The van der Waals surface area contributed by atoms with E-state index < -0.39 is 23.8 Å². The molecule has 0 radical (unpaired) electrons. The third-order valence-electron chi connectivity index (χ3n) is 3.82. The number of nitrogens with two attached hydrogens (primary N) is 1. The van der Waals surface area contributed by atoms with Gasteiger partial charge in [-0.2, -0.15) is 5.10 Å². The van der Waals surface area contributed by atoms with Crippen molar-refractivity contribution in [3.8, 4) is 0 Å². The third-order valence-corrected chi connectivity index (χ3v) is 5.41. The summed E-state index contributed by atoms with van der Waals surface area (Å²) in [4.78, 5) is 36.7. The molecule has 2 heterocycles. The third kappa shape index (κ3) is 3.73. The van der Waals surface area contributed by atoms with E-state index in [0.29, 0.717) is 16.3 Å². The molecule has 0 spiro atoms. The van der Waals surface area contributed by atoms with Crippen molar-refractivity contribution in [1.29, 1.82) is 0 Å². The monoisotopic (exact) mass is 398 g/mol. The van der Waals surface area contributed by atoms with Crippen molar-refractivity contribution >= 4 is 45.7 Å². The van der Waals surface area contributed by atoms with Gasteiger partial charge in [0.15, 0.2) is 0 Å². The molecule has 0 fully saturated rings. The second-order valence-electron chi connectivity index (χ2n) is 5.53. The molecule has 0 aliphatic heterocycles. The fraction of sp³-hybridized carbons (Fsp3) is 0.375. The Kier molecular flexibility index (Phi) is 6.04. The van der Waals surface area contributed by atoms with Gasteiger partial charge in [0.05, 0.1) is 34.0 Å². The number of thiophene rings is 1. The molecule has 140 valence electrons. The molecule has 26 heavy (non-hydrogen) atoms. The largest absolute Gasteiger partial charge is 0.462 e. The lowest BCUT2D eigenvalue weighted by molar-refractivity contribution is -0.119. The van der Waals surface area contributed by atoms with Crippen LogP contribution < -0.4 is 11.1 Å². The number of hydrogen-bond acceptors (Lipinski definition) is 6. The first kappa shape index (κ1) is 19.9. The number of amides is 2. The maximum Gasteiger partial charge on any atom is 0.341 e. The maximum absolute atomic E-state index is 12.6. The highest BCUT2D eigenvalue weighted by Crippen LogP contribution is 2.34. The molecule has 3 N–H and O–H groups in total. The molecule has 0 saturated carbocycles. The summed E-state index contributed by atoms with van der Waals surface area (Å²) in [7, 11) is 0. The number of nitrogens with one attached hydrogen (secondary N) is 1. The van der Waals surface area contributed by atoms with E-state index in [1.54, 1.807) is 27.7 Å². The first-order valence-corrected chi connectivity index (χ1v) is 8.99. The van der Waals surface area contributed by atoms with E-state index in [1.807, 2.05) is 0 Å². The van der Waals surface area contributed by atoms with Crippen LogP contribution in [0.2, 0.25) is 5.02 Å². The summed E-state index contributed by atoms with van der Waals surface area (Å²) >= 11 is 6.91. The minimum atomic E-state index is -0.683. The summed E-state index contributed by atoms with van der Waals surface area (Å²) in [5.41, 5.74) is 6.50. The Labute approximate surface area is 159 Å². The topological polar surface area (TPSA) is 116 Å². The van der Waals surface area contributed by atoms with Gasteiger partial charge in [-0.25, -0.2) is 4.79 Å². The zero-order chi connectivity index (χ0) is 19.6. The number of aromatic nitrogens is 2. The molecule has 0 aliphatic carbocycles. The Morgan fingerprint density at radius 3 is 2.58 bits per heavy atom. The fourth-order valence-corrected chi connectivity index (χ4v) is 3.59. The number of halogens is 1. The average Bonchev–Trinajstić information content (AvgIpc) is 3.07. The van der Waals surface area contributed by atoms with Gasteiger partial charge in [-0.3, -0.25) is 14.3 Å². The Morgan fingerprint density at radius 2 is 2.08 bits per heavy atom. The van der Waals surface area contributed by atoms with Gasteiger partial charge in [0.2, 0.25) is 5.91 Å². The van der Waals surface area contributed by atoms with Crippen molar-refractivity contribution < 1.29 is 19.1 Å². The van der Waals surface area contributed by atoms with Gasteiger partial charge in [0.1, 0.15) is 11.0 Å². The molecule has 2 aromatic heterocycles. The first-order valence-electron chi connectivity index (χ1n) is 7.79. The van der Waals surface area contributed by atoms with E-state index >= 15 is 0 Å². The molecule has 0 aromatic carbocycles. The predicted molar refractivity (Wildman–Crippen MR) is 98.8 cm³/mol. The number of hydrogen-bond donors (Lipinski definition) is 2. The molecule has 0 aliphatic rings. The van der Waals surface area contributed by atoms with Crippen LogP contribution in [0.25, 0.3) is 0 Å². The molecule has 0 saturated heterocycles. The van der Waals surface area contributed by atoms with E-state index in [2.05, 4.69) is 10.4 Å². The Bertz CT molecular complexity index is 874. The zero-order valence-electron chi connectivity index (χ0n) is 14.8. The van der Waals surface area contributed by atoms with Crippen LogP contribution in [0.4, 0.5) is 5.00 Å². The van der Waals surface area contributed by atoms with Crippen molar-refractivity contribution in [2.75, 3.05) is 11.9 Å². The lowest BCUT2D eigenvalue weighted by atomic mass is 10.1. The molecule has 8 nitrogen and oxygen atoms in total. The SMILES string of the molecule is CCOC(=O)c1c(NC(=O)C(C)n2ncc(Cl)c2C)sc(C(N)=O)c1C. The molecular weight excluding hydrogens is 380 g/mol. The van der Waals surface area contributed by atoms with Crippen molar-refractivity contribution in [1.82, 2.24) is 9.78 Å². The van der Waals surface area contributed by atoms with Gasteiger partial charge in [-0.1, -0.05) is 11.6 Å². The van der Waals surface area contributed by atoms with E-state index in [0.717, 1.165) is 11.3 Å². The molecule has 1 unspecified atom stereocenters. The lowest BCUT2D eigenvalue weighted by Crippen LogP contribution is -2.25. The summed E-state index contributed by atoms with van der Waals surface area (Å²) in [5, 5.41) is 7.40. The highest BCUT2D eigenvalue weighted by Gasteiger charge is 2.27. The summed E-state index contributed by atoms with van der Waals surface area (Å²) in [6.45, 7) is 6.79. The van der Waals surface area contributed by atoms with Crippen LogP contribution in [-0.4, -0.2) is 34.2 Å². The molecule has 1 atom stereocenters. The average molecular weight is 399 g/mol. The van der Waals surface area contributed by atoms with Crippen LogP contribution in [0.15, 0.2) is 6.20 Å². The number of nitrogens with zero attached hydrogens (tertiary/aromatic N) is 2. The van der Waals surface area contributed by atoms with E-state index in [1.165, 1.54) is 10.9 Å². The van der Waals surface area contributed by atoms with Gasteiger partial charge in [0, 0.05) is 0 Å². The van der Waals surface area contributed by atoms with E-state index in [9.17, 15) is 14.4 Å². The number of carbonyl (C=O) groups excluding carboxylic acids is 3. The van der Waals surface area contributed by atoms with Crippen LogP contribution in [0.3, 0.4) is 0 Å². The van der Waals surface area contributed by atoms with Crippen LogP contribution >= 0.6 is 22.9 Å². The van der Waals surface area contributed by atoms with Crippen LogP contribution in [0.5, 0.6) is 0 Å². The fourth-order valence-electron chi connectivity index (χ4n) is 2.41. The molecule has 2 rings (SSSR count). The van der Waals surface area contributed by atoms with Crippen LogP contribution in [-0.2, 0) is 9.53 Å². The minimum absolute atomic E-state index is 0.126. The van der Waals surface area contributed by atoms with Crippen LogP contribution in [0.1, 0.15) is 51.2 Å². The summed E-state index contributed by atoms with van der Waals surface area (Å²) in [6.07, 6.45) is 1.45. The van der Waals surface area contributed by atoms with Crippen molar-refractivity contribution in [3.05, 3.63) is 32.9 Å². The second kappa shape index (κ2) is 7.88. The number of ether oxygens (including phenoxy) is 1. The van der Waals surface area contributed by atoms with Gasteiger partial charge in [0.25, 0.3) is 5.91 Å². The Hall–Kier alpha value is -2.39. The smallest absolute Gasteiger partial charge is 0.341 e. The molecule has 10 heteroatoms. The standard InChI is InChI=1S/C16H19ClN4O4S/c1-5-25-16(24)11-7(2)12(13(18)22)26-15(11)20-14(23)9(4)21-8(3)10(17)6-19-21/h6,9H,5H2,1-4H3,(H2,18,22)(H,20,23).